The molecule has 0 atom stereocenters. The highest BCUT2D eigenvalue weighted by Crippen LogP contribution is 2.28. The van der Waals surface area contributed by atoms with Crippen molar-refractivity contribution in [1.29, 1.82) is 0 Å². The van der Waals surface area contributed by atoms with Crippen LogP contribution in [-0.4, -0.2) is 19.6 Å². The molecule has 1 aromatic carbocycles. The van der Waals surface area contributed by atoms with Crippen molar-refractivity contribution in [1.82, 2.24) is 0 Å². The fourth-order valence-corrected chi connectivity index (χ4v) is 2.45. The van der Waals surface area contributed by atoms with Crippen LogP contribution < -0.4 is 10.2 Å². The van der Waals surface area contributed by atoms with E-state index in [1.165, 1.54) is 0 Å². The van der Waals surface area contributed by atoms with Crippen LogP contribution in [0.15, 0.2) is 60.7 Å². The van der Waals surface area contributed by atoms with E-state index in [0.29, 0.717) is 29.8 Å². The summed E-state index contributed by atoms with van der Waals surface area (Å²) in [5.41, 5.74) is 2.24. The van der Waals surface area contributed by atoms with Crippen molar-refractivity contribution >= 4 is 13.3 Å². The molecule has 1 aromatic rings. The zero-order chi connectivity index (χ0) is 16.2. The van der Waals surface area contributed by atoms with Crippen LogP contribution in [0.25, 0.3) is 0 Å². The first-order valence-electron chi connectivity index (χ1n) is 7.34. The number of phenols is 1. The number of hydrogen-bond donors (Lipinski definition) is 1. The summed E-state index contributed by atoms with van der Waals surface area (Å²) in [6.45, 7) is 8.40. The SMILES string of the molecule is [B]c1ccc(O)c(CC=C)c1OCC1=CC(C)(C)C=CC=C1. The summed E-state index contributed by atoms with van der Waals surface area (Å²) in [5.74, 6) is 0.709. The summed E-state index contributed by atoms with van der Waals surface area (Å²) in [6.07, 6.45) is 12.6. The minimum absolute atomic E-state index is 0.0174. The molecule has 2 rings (SSSR count). The molecule has 2 radical (unpaired) electrons. The first-order valence-corrected chi connectivity index (χ1v) is 7.34. The Morgan fingerprint density at radius 2 is 2.09 bits per heavy atom. The summed E-state index contributed by atoms with van der Waals surface area (Å²) >= 11 is 0. The highest BCUT2D eigenvalue weighted by Gasteiger charge is 2.15. The Balaban J connectivity index is 2.23. The van der Waals surface area contributed by atoms with Gasteiger partial charge in [-0.3, -0.25) is 0 Å². The van der Waals surface area contributed by atoms with E-state index >= 15 is 0 Å². The largest absolute Gasteiger partial charge is 0.508 e. The Morgan fingerprint density at radius 1 is 1.32 bits per heavy atom. The van der Waals surface area contributed by atoms with Gasteiger partial charge in [-0.25, -0.2) is 0 Å². The lowest BCUT2D eigenvalue weighted by atomic mass is 9.90. The van der Waals surface area contributed by atoms with Crippen LogP contribution in [0, 0.1) is 5.41 Å². The topological polar surface area (TPSA) is 29.5 Å². The van der Waals surface area contributed by atoms with Crippen LogP contribution in [0.2, 0.25) is 0 Å². The summed E-state index contributed by atoms with van der Waals surface area (Å²) in [5, 5.41) is 9.99. The molecule has 0 unspecified atom stereocenters. The van der Waals surface area contributed by atoms with E-state index in [9.17, 15) is 5.11 Å². The maximum atomic E-state index is 9.99. The molecular formula is C19H21BO2. The van der Waals surface area contributed by atoms with Gasteiger partial charge in [-0.05, 0) is 18.1 Å². The van der Waals surface area contributed by atoms with Crippen molar-refractivity contribution in [2.45, 2.75) is 20.3 Å². The Labute approximate surface area is 133 Å². The fraction of sp³-hybridized carbons (Fsp3) is 0.263. The van der Waals surface area contributed by atoms with Gasteiger partial charge in [-0.2, -0.15) is 0 Å². The molecule has 1 aliphatic rings. The summed E-state index contributed by atoms with van der Waals surface area (Å²) in [4.78, 5) is 0. The number of benzene rings is 1. The van der Waals surface area contributed by atoms with Crippen molar-refractivity contribution in [2.75, 3.05) is 6.61 Å². The van der Waals surface area contributed by atoms with E-state index in [0.717, 1.165) is 5.57 Å². The van der Waals surface area contributed by atoms with Gasteiger partial charge in [0.05, 0.1) is 0 Å². The van der Waals surface area contributed by atoms with Gasteiger partial charge >= 0.3 is 0 Å². The van der Waals surface area contributed by atoms with Crippen molar-refractivity contribution in [3.8, 4) is 11.5 Å². The van der Waals surface area contributed by atoms with Gasteiger partial charge in [0, 0.05) is 11.0 Å². The lowest BCUT2D eigenvalue weighted by Crippen LogP contribution is -2.14. The highest BCUT2D eigenvalue weighted by atomic mass is 16.5. The average Bonchev–Trinajstić information content (AvgIpc) is 2.63. The molecule has 1 N–H and O–H groups in total. The lowest BCUT2D eigenvalue weighted by molar-refractivity contribution is 0.349. The zero-order valence-corrected chi connectivity index (χ0v) is 13.2. The zero-order valence-electron chi connectivity index (χ0n) is 13.2. The van der Waals surface area contributed by atoms with Gasteiger partial charge in [-0.15, -0.1) is 6.58 Å². The van der Waals surface area contributed by atoms with Crippen molar-refractivity contribution in [3.05, 3.63) is 66.3 Å². The molecular weight excluding hydrogens is 271 g/mol. The van der Waals surface area contributed by atoms with Gasteiger partial charge in [0.25, 0.3) is 0 Å². The normalized spacial score (nSPS) is 16.0. The minimum atomic E-state index is -0.0174. The van der Waals surface area contributed by atoms with Crippen LogP contribution in [0.4, 0.5) is 0 Å². The Hall–Kier alpha value is -2.16. The number of aromatic hydroxyl groups is 1. The second kappa shape index (κ2) is 6.74. The van der Waals surface area contributed by atoms with Crippen LogP contribution in [0.5, 0.6) is 11.5 Å². The molecule has 0 amide bonds. The van der Waals surface area contributed by atoms with E-state index in [4.69, 9.17) is 12.6 Å². The Bertz CT molecular complexity index is 652. The predicted octanol–water partition coefficient (Wildman–Crippen LogP) is 3.37. The van der Waals surface area contributed by atoms with Gasteiger partial charge in [-0.1, -0.05) is 61.8 Å². The van der Waals surface area contributed by atoms with E-state index in [2.05, 4.69) is 32.6 Å². The molecule has 0 spiro atoms. The van der Waals surface area contributed by atoms with Gasteiger partial charge in [0.2, 0.25) is 0 Å². The monoisotopic (exact) mass is 292 g/mol. The quantitative estimate of drug-likeness (QED) is 0.666. The maximum Gasteiger partial charge on any atom is 0.122 e. The smallest absolute Gasteiger partial charge is 0.122 e. The van der Waals surface area contributed by atoms with E-state index in [-0.39, 0.29) is 11.2 Å². The molecule has 1 aliphatic carbocycles. The first-order chi connectivity index (χ1) is 10.4. The second-order valence-corrected chi connectivity index (χ2v) is 6.02. The number of phenolic OH excluding ortho intramolecular Hbond substituents is 1. The average molecular weight is 292 g/mol. The molecule has 0 aromatic heterocycles. The molecule has 0 bridgehead atoms. The Morgan fingerprint density at radius 3 is 2.82 bits per heavy atom. The van der Waals surface area contributed by atoms with Gasteiger partial charge in [0.15, 0.2) is 0 Å². The molecule has 0 aliphatic heterocycles. The second-order valence-electron chi connectivity index (χ2n) is 6.02. The first kappa shape index (κ1) is 16.2. The van der Waals surface area contributed by atoms with E-state index < -0.39 is 0 Å². The summed E-state index contributed by atoms with van der Waals surface area (Å²) in [6, 6.07) is 3.24. The predicted molar refractivity (Wildman–Crippen MR) is 93.0 cm³/mol. The molecule has 22 heavy (non-hydrogen) atoms. The number of rotatable bonds is 5. The van der Waals surface area contributed by atoms with E-state index in [1.54, 1.807) is 18.2 Å². The van der Waals surface area contributed by atoms with Gasteiger partial charge in [0.1, 0.15) is 26.0 Å². The molecule has 3 heteroatoms. The molecule has 112 valence electrons. The minimum Gasteiger partial charge on any atom is -0.508 e. The van der Waals surface area contributed by atoms with Crippen molar-refractivity contribution < 1.29 is 9.84 Å². The number of hydrogen-bond acceptors (Lipinski definition) is 2. The molecule has 0 heterocycles. The molecule has 2 nitrogen and oxygen atoms in total. The molecule has 0 saturated carbocycles. The fourth-order valence-electron chi connectivity index (χ4n) is 2.45. The van der Waals surface area contributed by atoms with Crippen LogP contribution in [-0.2, 0) is 6.42 Å². The van der Waals surface area contributed by atoms with E-state index in [1.807, 2.05) is 18.2 Å². The van der Waals surface area contributed by atoms with Crippen LogP contribution in [0.3, 0.4) is 0 Å². The van der Waals surface area contributed by atoms with Crippen molar-refractivity contribution in [2.24, 2.45) is 5.41 Å². The van der Waals surface area contributed by atoms with Crippen molar-refractivity contribution in [3.63, 3.8) is 0 Å². The molecule has 0 fully saturated rings. The number of allylic oxidation sites excluding steroid dienone is 5. The number of ether oxygens (including phenoxy) is 1. The Kier molecular flexibility index (Phi) is 4.97. The van der Waals surface area contributed by atoms with Crippen LogP contribution >= 0.6 is 0 Å². The van der Waals surface area contributed by atoms with Crippen LogP contribution in [0.1, 0.15) is 19.4 Å². The molecule has 0 saturated heterocycles. The lowest BCUT2D eigenvalue weighted by Gasteiger charge is -2.18. The maximum absolute atomic E-state index is 9.99. The summed E-state index contributed by atoms with van der Waals surface area (Å²) in [7, 11) is 6.00. The summed E-state index contributed by atoms with van der Waals surface area (Å²) < 4.78 is 5.91. The standard InChI is InChI=1S/C19H21BO2/c1-4-7-15-17(21)10-9-16(20)18(15)22-13-14-8-5-6-11-19(2,3)12-14/h4-6,8-12,21H,1,7,13H2,2-3H3. The third-order valence-corrected chi connectivity index (χ3v) is 3.50. The van der Waals surface area contributed by atoms with Gasteiger partial charge < -0.3 is 9.84 Å². The highest BCUT2D eigenvalue weighted by molar-refractivity contribution is 6.34. The third-order valence-electron chi connectivity index (χ3n) is 3.50. The third kappa shape index (κ3) is 3.94.